The molecule has 2 aromatic rings. The Labute approximate surface area is 113 Å². The predicted molar refractivity (Wildman–Crippen MR) is 72.9 cm³/mol. The van der Waals surface area contributed by atoms with Crippen LogP contribution in [0.25, 0.3) is 10.9 Å². The van der Waals surface area contributed by atoms with Crippen LogP contribution in [0.3, 0.4) is 0 Å². The highest BCUT2D eigenvalue weighted by Gasteiger charge is 2.21. The first-order valence-corrected chi connectivity index (χ1v) is 6.31. The number of hydrogen-bond acceptors (Lipinski definition) is 3. The van der Waals surface area contributed by atoms with Crippen LogP contribution in [0.1, 0.15) is 20.8 Å². The largest absolute Gasteiger partial charge is 0.506 e. The SMILES string of the molecule is CC(C)(C)OC(=O)n1cc(O)c2cccc(Br)c21. The molecule has 0 aliphatic rings. The molecule has 0 aliphatic carbocycles. The summed E-state index contributed by atoms with van der Waals surface area (Å²) >= 11 is 3.37. The monoisotopic (exact) mass is 311 g/mol. The molecule has 0 amide bonds. The Balaban J connectivity index is 2.55. The molecule has 4 nitrogen and oxygen atoms in total. The normalized spacial score (nSPS) is 11.8. The number of aromatic hydroxyl groups is 1. The first-order chi connectivity index (χ1) is 8.29. The molecule has 0 fully saturated rings. The van der Waals surface area contributed by atoms with Crippen LogP contribution in [0.5, 0.6) is 5.75 Å². The first-order valence-electron chi connectivity index (χ1n) is 5.51. The van der Waals surface area contributed by atoms with E-state index >= 15 is 0 Å². The summed E-state index contributed by atoms with van der Waals surface area (Å²) in [6.07, 6.45) is 0.850. The van der Waals surface area contributed by atoms with Crippen molar-refractivity contribution in [2.24, 2.45) is 0 Å². The molecule has 0 atom stereocenters. The average molecular weight is 312 g/mol. The third-order valence-electron chi connectivity index (χ3n) is 2.35. The van der Waals surface area contributed by atoms with Crippen molar-refractivity contribution in [1.29, 1.82) is 0 Å². The van der Waals surface area contributed by atoms with Crippen LogP contribution >= 0.6 is 15.9 Å². The smallest absolute Gasteiger partial charge is 0.419 e. The molecule has 0 spiro atoms. The van der Waals surface area contributed by atoms with Crippen LogP contribution in [-0.2, 0) is 4.74 Å². The molecule has 0 unspecified atom stereocenters. The zero-order valence-electron chi connectivity index (χ0n) is 10.4. The minimum absolute atomic E-state index is 0.0529. The van der Waals surface area contributed by atoms with Crippen molar-refractivity contribution in [3.05, 3.63) is 28.9 Å². The van der Waals surface area contributed by atoms with E-state index in [1.807, 2.05) is 6.07 Å². The second-order valence-electron chi connectivity index (χ2n) is 5.00. The van der Waals surface area contributed by atoms with Gasteiger partial charge in [-0.15, -0.1) is 0 Å². The third kappa shape index (κ3) is 2.36. The van der Waals surface area contributed by atoms with E-state index in [1.54, 1.807) is 32.9 Å². The maximum Gasteiger partial charge on any atom is 0.419 e. The van der Waals surface area contributed by atoms with Crippen molar-refractivity contribution in [2.75, 3.05) is 0 Å². The van der Waals surface area contributed by atoms with Gasteiger partial charge in [0.2, 0.25) is 0 Å². The zero-order valence-corrected chi connectivity index (χ0v) is 12.0. The van der Waals surface area contributed by atoms with E-state index in [9.17, 15) is 9.90 Å². The summed E-state index contributed by atoms with van der Waals surface area (Å²) in [4.78, 5) is 12.0. The lowest BCUT2D eigenvalue weighted by Crippen LogP contribution is -2.26. The number of para-hydroxylation sites is 1. The van der Waals surface area contributed by atoms with Crippen LogP contribution in [0, 0.1) is 0 Å². The molecule has 0 aliphatic heterocycles. The molecule has 1 aromatic carbocycles. The van der Waals surface area contributed by atoms with Crippen molar-refractivity contribution < 1.29 is 14.6 Å². The zero-order chi connectivity index (χ0) is 13.5. The van der Waals surface area contributed by atoms with Crippen LogP contribution in [0.2, 0.25) is 0 Å². The fraction of sp³-hybridized carbons (Fsp3) is 0.308. The van der Waals surface area contributed by atoms with Gasteiger partial charge >= 0.3 is 6.09 Å². The van der Waals surface area contributed by atoms with E-state index in [0.29, 0.717) is 10.9 Å². The maximum absolute atomic E-state index is 12.0. The first kappa shape index (κ1) is 13.0. The van der Waals surface area contributed by atoms with Crippen molar-refractivity contribution in [1.82, 2.24) is 4.57 Å². The van der Waals surface area contributed by atoms with Crippen LogP contribution in [0.4, 0.5) is 4.79 Å². The minimum atomic E-state index is -0.579. The Bertz CT molecular complexity index is 610. The van der Waals surface area contributed by atoms with Gasteiger partial charge in [0.25, 0.3) is 0 Å². The standard InChI is InChI=1S/C13H14BrNO3/c1-13(2,3)18-12(17)15-7-10(16)8-5-4-6-9(14)11(8)15/h4-7,16H,1-3H3. The number of aromatic nitrogens is 1. The second kappa shape index (κ2) is 4.31. The Morgan fingerprint density at radius 2 is 2.06 bits per heavy atom. The highest BCUT2D eigenvalue weighted by molar-refractivity contribution is 9.10. The van der Waals surface area contributed by atoms with Gasteiger partial charge < -0.3 is 9.84 Å². The fourth-order valence-electron chi connectivity index (χ4n) is 1.68. The predicted octanol–water partition coefficient (Wildman–Crippen LogP) is 3.89. The van der Waals surface area contributed by atoms with E-state index in [0.717, 1.165) is 4.47 Å². The number of benzene rings is 1. The number of ether oxygens (including phenoxy) is 1. The van der Waals surface area contributed by atoms with Crippen LogP contribution in [-0.4, -0.2) is 21.4 Å². The minimum Gasteiger partial charge on any atom is -0.506 e. The van der Waals surface area contributed by atoms with E-state index in [4.69, 9.17) is 4.74 Å². The average Bonchev–Trinajstić information content (AvgIpc) is 2.56. The lowest BCUT2D eigenvalue weighted by molar-refractivity contribution is 0.0543. The highest BCUT2D eigenvalue weighted by atomic mass is 79.9. The molecule has 96 valence electrons. The summed E-state index contributed by atoms with van der Waals surface area (Å²) in [6.45, 7) is 5.39. The van der Waals surface area contributed by atoms with Crippen molar-refractivity contribution in [3.8, 4) is 5.75 Å². The summed E-state index contributed by atoms with van der Waals surface area (Å²) in [6, 6.07) is 5.35. The summed E-state index contributed by atoms with van der Waals surface area (Å²) in [7, 11) is 0. The van der Waals surface area contributed by atoms with Crippen molar-refractivity contribution in [3.63, 3.8) is 0 Å². The second-order valence-corrected chi connectivity index (χ2v) is 5.86. The van der Waals surface area contributed by atoms with Gasteiger partial charge in [-0.25, -0.2) is 9.36 Å². The molecule has 1 N–H and O–H groups in total. The van der Waals surface area contributed by atoms with Crippen LogP contribution in [0.15, 0.2) is 28.9 Å². The highest BCUT2D eigenvalue weighted by Crippen LogP contribution is 2.32. The topological polar surface area (TPSA) is 51.5 Å². The summed E-state index contributed by atoms with van der Waals surface area (Å²) in [5.74, 6) is 0.0529. The molecule has 1 aromatic heterocycles. The molecule has 2 rings (SSSR count). The van der Waals surface area contributed by atoms with E-state index in [-0.39, 0.29) is 5.75 Å². The van der Waals surface area contributed by atoms with Crippen molar-refractivity contribution >= 4 is 32.9 Å². The van der Waals surface area contributed by atoms with Gasteiger partial charge in [-0.05, 0) is 48.8 Å². The third-order valence-corrected chi connectivity index (χ3v) is 2.99. The number of carbonyl (C=O) groups is 1. The number of rotatable bonds is 0. The van der Waals surface area contributed by atoms with Gasteiger partial charge in [-0.3, -0.25) is 0 Å². The molecule has 5 heteroatoms. The molecular weight excluding hydrogens is 298 g/mol. The van der Waals surface area contributed by atoms with Gasteiger partial charge in [0, 0.05) is 9.86 Å². The lowest BCUT2D eigenvalue weighted by Gasteiger charge is -2.19. The van der Waals surface area contributed by atoms with E-state index in [1.165, 1.54) is 10.8 Å². The molecule has 1 heterocycles. The van der Waals surface area contributed by atoms with E-state index in [2.05, 4.69) is 15.9 Å². The van der Waals surface area contributed by atoms with Crippen molar-refractivity contribution in [2.45, 2.75) is 26.4 Å². The maximum atomic E-state index is 12.0. The molecule has 0 bridgehead atoms. The Morgan fingerprint density at radius 3 is 2.67 bits per heavy atom. The number of hydrogen-bond donors (Lipinski definition) is 1. The summed E-state index contributed by atoms with van der Waals surface area (Å²) in [5, 5.41) is 10.4. The number of nitrogens with zero attached hydrogens (tertiary/aromatic N) is 1. The number of halogens is 1. The number of carbonyl (C=O) groups excluding carboxylic acids is 1. The fourth-order valence-corrected chi connectivity index (χ4v) is 2.24. The van der Waals surface area contributed by atoms with Gasteiger partial charge in [-0.1, -0.05) is 6.07 Å². The molecular formula is C13H14BrNO3. The van der Waals surface area contributed by atoms with Gasteiger partial charge in [0.1, 0.15) is 11.4 Å². The Kier molecular flexibility index (Phi) is 3.11. The quantitative estimate of drug-likeness (QED) is 0.803. The van der Waals surface area contributed by atoms with Gasteiger partial charge in [-0.2, -0.15) is 0 Å². The molecule has 0 saturated heterocycles. The lowest BCUT2D eigenvalue weighted by atomic mass is 10.2. The summed E-state index contributed by atoms with van der Waals surface area (Å²) < 4.78 is 7.33. The Hall–Kier alpha value is -1.49. The van der Waals surface area contributed by atoms with Gasteiger partial charge in [0.15, 0.2) is 0 Å². The molecule has 18 heavy (non-hydrogen) atoms. The van der Waals surface area contributed by atoms with Crippen LogP contribution < -0.4 is 0 Å². The van der Waals surface area contributed by atoms with E-state index < -0.39 is 11.7 Å². The summed E-state index contributed by atoms with van der Waals surface area (Å²) in [5.41, 5.74) is 0.0223. The molecule has 0 radical (unpaired) electrons. The van der Waals surface area contributed by atoms with Gasteiger partial charge in [0.05, 0.1) is 11.7 Å². The number of fused-ring (bicyclic) bond motifs is 1. The molecule has 0 saturated carbocycles. The Morgan fingerprint density at radius 1 is 1.39 bits per heavy atom.